The van der Waals surface area contributed by atoms with Crippen LogP contribution < -0.4 is 11.2 Å². The standard InChI is InChI=1S/C8H12BNO2.ClH/c1-6(10)7-3-2-4-8(5-7)9(11)12;/h2-6,11-12H,10H2,1H3;1H. The Morgan fingerprint density at radius 3 is 2.46 bits per heavy atom. The summed E-state index contributed by atoms with van der Waals surface area (Å²) in [5.41, 5.74) is 7.00. The topological polar surface area (TPSA) is 66.5 Å². The minimum Gasteiger partial charge on any atom is -0.423 e. The van der Waals surface area contributed by atoms with Gasteiger partial charge in [-0.05, 0) is 17.9 Å². The molecule has 0 saturated heterocycles. The Bertz CT molecular complexity index is 245. The second kappa shape index (κ2) is 5.24. The second-order valence-corrected chi connectivity index (χ2v) is 2.83. The van der Waals surface area contributed by atoms with Gasteiger partial charge in [0.1, 0.15) is 0 Å². The van der Waals surface area contributed by atoms with E-state index >= 15 is 0 Å². The van der Waals surface area contributed by atoms with Crippen LogP contribution in [0.2, 0.25) is 0 Å². The molecule has 1 rings (SSSR count). The lowest BCUT2D eigenvalue weighted by Gasteiger charge is -2.06. The molecule has 0 aliphatic carbocycles. The fourth-order valence-corrected chi connectivity index (χ4v) is 1.00. The van der Waals surface area contributed by atoms with Crippen molar-refractivity contribution in [3.63, 3.8) is 0 Å². The molecule has 3 nitrogen and oxygen atoms in total. The van der Waals surface area contributed by atoms with Crippen molar-refractivity contribution < 1.29 is 10.0 Å². The average Bonchev–Trinajstić information content (AvgIpc) is 2.04. The highest BCUT2D eigenvalue weighted by Gasteiger charge is 2.11. The van der Waals surface area contributed by atoms with Gasteiger partial charge in [0.2, 0.25) is 0 Å². The summed E-state index contributed by atoms with van der Waals surface area (Å²) >= 11 is 0. The molecular formula is C8H13BClNO2. The number of benzene rings is 1. The van der Waals surface area contributed by atoms with E-state index in [2.05, 4.69) is 0 Å². The van der Waals surface area contributed by atoms with Crippen LogP contribution in [0.4, 0.5) is 0 Å². The number of hydrogen-bond acceptors (Lipinski definition) is 3. The van der Waals surface area contributed by atoms with Crippen molar-refractivity contribution in [2.75, 3.05) is 0 Å². The Balaban J connectivity index is 0.00000144. The summed E-state index contributed by atoms with van der Waals surface area (Å²) < 4.78 is 0. The first-order valence-corrected chi connectivity index (χ1v) is 3.83. The van der Waals surface area contributed by atoms with E-state index in [9.17, 15) is 0 Å². The molecule has 5 heteroatoms. The lowest BCUT2D eigenvalue weighted by Crippen LogP contribution is -2.30. The van der Waals surface area contributed by atoms with E-state index in [1.165, 1.54) is 0 Å². The van der Waals surface area contributed by atoms with E-state index in [-0.39, 0.29) is 18.4 Å². The lowest BCUT2D eigenvalue weighted by molar-refractivity contribution is 0.425. The fraction of sp³-hybridized carbons (Fsp3) is 0.250. The van der Waals surface area contributed by atoms with Crippen LogP contribution in [-0.2, 0) is 0 Å². The molecule has 0 aliphatic rings. The minimum atomic E-state index is -1.41. The summed E-state index contributed by atoms with van der Waals surface area (Å²) in [5, 5.41) is 17.7. The van der Waals surface area contributed by atoms with Crippen molar-refractivity contribution in [2.24, 2.45) is 5.73 Å². The first-order chi connectivity index (χ1) is 5.61. The summed E-state index contributed by atoms with van der Waals surface area (Å²) in [6.07, 6.45) is 0. The van der Waals surface area contributed by atoms with Crippen LogP contribution in [0.1, 0.15) is 18.5 Å². The van der Waals surface area contributed by atoms with Gasteiger partial charge in [-0.2, -0.15) is 0 Å². The Morgan fingerprint density at radius 2 is 2.00 bits per heavy atom. The Labute approximate surface area is 84.1 Å². The molecule has 0 fully saturated rings. The molecule has 1 atom stereocenters. The van der Waals surface area contributed by atoms with E-state index in [1.54, 1.807) is 18.2 Å². The smallest absolute Gasteiger partial charge is 0.423 e. The van der Waals surface area contributed by atoms with Crippen molar-refractivity contribution in [1.29, 1.82) is 0 Å². The lowest BCUT2D eigenvalue weighted by atomic mass is 9.79. The molecule has 1 aromatic rings. The van der Waals surface area contributed by atoms with Gasteiger partial charge in [-0.3, -0.25) is 0 Å². The normalized spacial score (nSPS) is 11.7. The van der Waals surface area contributed by atoms with E-state index in [0.717, 1.165) is 5.56 Å². The van der Waals surface area contributed by atoms with Gasteiger partial charge in [-0.1, -0.05) is 24.3 Å². The van der Waals surface area contributed by atoms with Crippen LogP contribution in [0.15, 0.2) is 24.3 Å². The molecule has 0 aromatic heterocycles. The van der Waals surface area contributed by atoms with Gasteiger partial charge >= 0.3 is 7.12 Å². The molecule has 0 spiro atoms. The third kappa shape index (κ3) is 3.36. The number of rotatable bonds is 2. The van der Waals surface area contributed by atoms with E-state index < -0.39 is 7.12 Å². The molecule has 13 heavy (non-hydrogen) atoms. The van der Waals surface area contributed by atoms with Gasteiger partial charge in [-0.15, -0.1) is 12.4 Å². The van der Waals surface area contributed by atoms with Gasteiger partial charge in [0.05, 0.1) is 0 Å². The monoisotopic (exact) mass is 201 g/mol. The second-order valence-electron chi connectivity index (χ2n) is 2.83. The van der Waals surface area contributed by atoms with Crippen LogP contribution in [0.3, 0.4) is 0 Å². The number of hydrogen-bond donors (Lipinski definition) is 3. The fourth-order valence-electron chi connectivity index (χ4n) is 1.00. The van der Waals surface area contributed by atoms with Gasteiger partial charge in [-0.25, -0.2) is 0 Å². The van der Waals surface area contributed by atoms with Crippen molar-refractivity contribution in [3.8, 4) is 0 Å². The molecule has 0 aliphatic heterocycles. The molecule has 0 bridgehead atoms. The van der Waals surface area contributed by atoms with Crippen LogP contribution >= 0.6 is 12.4 Å². The number of halogens is 1. The first-order valence-electron chi connectivity index (χ1n) is 3.83. The van der Waals surface area contributed by atoms with Crippen molar-refractivity contribution in [1.82, 2.24) is 0 Å². The number of nitrogens with two attached hydrogens (primary N) is 1. The SMILES string of the molecule is CC(N)c1cccc(B(O)O)c1.Cl. The minimum absolute atomic E-state index is 0. The highest BCUT2D eigenvalue weighted by Crippen LogP contribution is 2.06. The highest BCUT2D eigenvalue weighted by atomic mass is 35.5. The quantitative estimate of drug-likeness (QED) is 0.581. The van der Waals surface area contributed by atoms with Gasteiger partial charge in [0.25, 0.3) is 0 Å². The highest BCUT2D eigenvalue weighted by molar-refractivity contribution is 6.58. The summed E-state index contributed by atoms with van der Waals surface area (Å²) in [4.78, 5) is 0. The molecule has 1 unspecified atom stereocenters. The van der Waals surface area contributed by atoms with Crippen LogP contribution in [0.25, 0.3) is 0 Å². The maximum absolute atomic E-state index is 8.84. The zero-order valence-corrected chi connectivity index (χ0v) is 8.16. The maximum atomic E-state index is 8.84. The largest absolute Gasteiger partial charge is 0.488 e. The van der Waals surface area contributed by atoms with Crippen LogP contribution in [0.5, 0.6) is 0 Å². The van der Waals surface area contributed by atoms with Gasteiger partial charge in [0, 0.05) is 6.04 Å². The first kappa shape index (κ1) is 12.5. The van der Waals surface area contributed by atoms with Crippen molar-refractivity contribution in [3.05, 3.63) is 29.8 Å². The molecule has 72 valence electrons. The van der Waals surface area contributed by atoms with E-state index in [1.807, 2.05) is 13.0 Å². The Hall–Kier alpha value is -0.545. The molecule has 4 N–H and O–H groups in total. The zero-order valence-electron chi connectivity index (χ0n) is 7.34. The summed E-state index contributed by atoms with van der Waals surface area (Å²) in [6.45, 7) is 1.85. The Morgan fingerprint density at radius 1 is 1.38 bits per heavy atom. The molecule has 0 radical (unpaired) electrons. The molecular weight excluding hydrogens is 188 g/mol. The van der Waals surface area contributed by atoms with Gasteiger partial charge < -0.3 is 15.8 Å². The van der Waals surface area contributed by atoms with E-state index in [0.29, 0.717) is 5.46 Å². The van der Waals surface area contributed by atoms with Crippen LogP contribution in [0, 0.1) is 0 Å². The predicted molar refractivity (Wildman–Crippen MR) is 56.1 cm³/mol. The molecule has 0 heterocycles. The molecule has 0 amide bonds. The maximum Gasteiger partial charge on any atom is 0.488 e. The predicted octanol–water partition coefficient (Wildman–Crippen LogP) is -0.192. The third-order valence-electron chi connectivity index (χ3n) is 1.73. The van der Waals surface area contributed by atoms with Crippen molar-refractivity contribution >= 4 is 25.0 Å². The Kier molecular flexibility index (Phi) is 5.02. The van der Waals surface area contributed by atoms with Crippen molar-refractivity contribution in [2.45, 2.75) is 13.0 Å². The third-order valence-corrected chi connectivity index (χ3v) is 1.73. The summed E-state index contributed by atoms with van der Waals surface area (Å²) in [5.74, 6) is 0. The molecule has 0 saturated carbocycles. The van der Waals surface area contributed by atoms with Crippen LogP contribution in [-0.4, -0.2) is 17.2 Å². The zero-order chi connectivity index (χ0) is 9.14. The summed E-state index contributed by atoms with van der Waals surface area (Å²) in [7, 11) is -1.41. The van der Waals surface area contributed by atoms with E-state index in [4.69, 9.17) is 15.8 Å². The van der Waals surface area contributed by atoms with Gasteiger partial charge in [0.15, 0.2) is 0 Å². The molecule has 1 aromatic carbocycles. The average molecular weight is 201 g/mol. The summed E-state index contributed by atoms with van der Waals surface area (Å²) in [6, 6.07) is 6.87.